The Bertz CT molecular complexity index is 1280. The fourth-order valence-electron chi connectivity index (χ4n) is 2.91. The molecule has 0 unspecified atom stereocenters. The molecule has 0 atom stereocenters. The van der Waals surface area contributed by atoms with Gasteiger partial charge in [0.2, 0.25) is 0 Å². The maximum atomic E-state index is 12.4. The molecule has 2 aromatic carbocycles. The number of esters is 1. The van der Waals surface area contributed by atoms with Gasteiger partial charge in [-0.25, -0.2) is 14.8 Å². The number of aryl methyl sites for hydroxylation is 1. The van der Waals surface area contributed by atoms with E-state index < -0.39 is 5.97 Å². The largest absolute Gasteiger partial charge is 0.465 e. The second-order valence-corrected chi connectivity index (χ2v) is 7.49. The Labute approximate surface area is 168 Å². The lowest BCUT2D eigenvalue weighted by molar-refractivity contribution is 0.0601. The topological polar surface area (TPSA) is 89.9 Å². The van der Waals surface area contributed by atoms with E-state index in [9.17, 15) is 9.59 Å². The number of methoxy groups -OCH3 is 1. The summed E-state index contributed by atoms with van der Waals surface area (Å²) in [6.07, 6.45) is 0. The number of aromatic nitrogens is 4. The van der Waals surface area contributed by atoms with Crippen LogP contribution in [0.25, 0.3) is 21.9 Å². The molecule has 0 spiro atoms. The van der Waals surface area contributed by atoms with Gasteiger partial charge in [0.05, 0.1) is 40.4 Å². The summed E-state index contributed by atoms with van der Waals surface area (Å²) in [7, 11) is 3.23. The van der Waals surface area contributed by atoms with Crippen LogP contribution in [-0.2, 0) is 17.5 Å². The van der Waals surface area contributed by atoms with E-state index in [4.69, 9.17) is 16.3 Å². The Morgan fingerprint density at radius 2 is 2.04 bits per heavy atom. The number of rotatable bonds is 4. The van der Waals surface area contributed by atoms with E-state index in [0.717, 1.165) is 16.2 Å². The summed E-state index contributed by atoms with van der Waals surface area (Å²) in [5.41, 5.74) is 2.31. The number of H-pyrrole nitrogens is 1. The van der Waals surface area contributed by atoms with E-state index in [-0.39, 0.29) is 5.56 Å². The van der Waals surface area contributed by atoms with Gasteiger partial charge in [0.15, 0.2) is 5.16 Å². The van der Waals surface area contributed by atoms with Crippen LogP contribution in [0.4, 0.5) is 0 Å². The van der Waals surface area contributed by atoms with Crippen LogP contribution < -0.4 is 5.56 Å². The highest BCUT2D eigenvalue weighted by atomic mass is 35.5. The Hall–Kier alpha value is -2.84. The molecule has 2 heterocycles. The molecule has 0 aliphatic heterocycles. The Kier molecular flexibility index (Phi) is 4.82. The number of thioether (sulfide) groups is 1. The summed E-state index contributed by atoms with van der Waals surface area (Å²) in [5.74, 6) is 0.436. The molecule has 0 saturated carbocycles. The minimum atomic E-state index is -0.474. The number of benzene rings is 2. The van der Waals surface area contributed by atoms with Crippen LogP contribution in [-0.4, -0.2) is 32.6 Å². The van der Waals surface area contributed by atoms with Crippen molar-refractivity contribution in [3.63, 3.8) is 0 Å². The number of nitrogens with zero attached hydrogens (tertiary/aromatic N) is 3. The molecule has 142 valence electrons. The first-order valence-corrected chi connectivity index (χ1v) is 9.68. The average Bonchev–Trinajstić information content (AvgIpc) is 3.00. The van der Waals surface area contributed by atoms with Crippen molar-refractivity contribution in [1.29, 1.82) is 0 Å². The first kappa shape index (κ1) is 18.5. The predicted octanol–water partition coefficient (Wildman–Crippen LogP) is 3.54. The normalized spacial score (nSPS) is 11.2. The van der Waals surface area contributed by atoms with Crippen molar-refractivity contribution in [2.45, 2.75) is 10.9 Å². The Morgan fingerprint density at radius 1 is 1.21 bits per heavy atom. The molecule has 0 aliphatic carbocycles. The second kappa shape index (κ2) is 7.29. The summed E-state index contributed by atoms with van der Waals surface area (Å²) in [6, 6.07) is 10.2. The van der Waals surface area contributed by atoms with Crippen molar-refractivity contribution in [2.75, 3.05) is 7.11 Å². The van der Waals surface area contributed by atoms with Gasteiger partial charge in [-0.15, -0.1) is 0 Å². The van der Waals surface area contributed by atoms with Crippen LogP contribution >= 0.6 is 23.4 Å². The first-order chi connectivity index (χ1) is 13.5. The molecule has 4 aromatic rings. The highest BCUT2D eigenvalue weighted by Crippen LogP contribution is 2.26. The molecule has 0 bridgehead atoms. The predicted molar refractivity (Wildman–Crippen MR) is 109 cm³/mol. The van der Waals surface area contributed by atoms with Gasteiger partial charge in [-0.3, -0.25) is 4.79 Å². The molecule has 0 fully saturated rings. The lowest BCUT2D eigenvalue weighted by Crippen LogP contribution is -2.12. The number of carbonyl (C=O) groups is 1. The smallest absolute Gasteiger partial charge is 0.337 e. The van der Waals surface area contributed by atoms with E-state index in [1.54, 1.807) is 18.2 Å². The summed E-state index contributed by atoms with van der Waals surface area (Å²) >= 11 is 7.48. The number of carbonyl (C=O) groups excluding carboxylic acids is 1. The first-order valence-electron chi connectivity index (χ1n) is 8.32. The summed E-state index contributed by atoms with van der Waals surface area (Å²) < 4.78 is 6.69. The quantitative estimate of drug-likeness (QED) is 0.405. The van der Waals surface area contributed by atoms with Gasteiger partial charge in [0.1, 0.15) is 5.82 Å². The van der Waals surface area contributed by atoms with Gasteiger partial charge in [-0.05, 0) is 36.4 Å². The SMILES string of the molecule is COC(=O)c1ccc2c(=O)[nH]c(CSc3nc4cc(Cl)ccc4n3C)nc2c1. The van der Waals surface area contributed by atoms with E-state index in [2.05, 4.69) is 15.0 Å². The Morgan fingerprint density at radius 3 is 2.82 bits per heavy atom. The maximum Gasteiger partial charge on any atom is 0.337 e. The number of fused-ring (bicyclic) bond motifs is 2. The van der Waals surface area contributed by atoms with Gasteiger partial charge in [0, 0.05) is 12.1 Å². The molecule has 7 nitrogen and oxygen atoms in total. The standard InChI is InChI=1S/C19H15ClN4O3S/c1-24-15-6-4-11(20)8-14(15)22-19(24)28-9-16-21-13-7-10(18(26)27-2)3-5-12(13)17(25)23-16/h3-8H,9H2,1-2H3,(H,21,23,25). The minimum absolute atomic E-state index is 0.256. The van der Waals surface area contributed by atoms with Crippen molar-refractivity contribution in [1.82, 2.24) is 19.5 Å². The molecule has 9 heteroatoms. The fraction of sp³-hybridized carbons (Fsp3) is 0.158. The molecule has 2 aromatic heterocycles. The molecular formula is C19H15ClN4O3S. The summed E-state index contributed by atoms with van der Waals surface area (Å²) in [6.45, 7) is 0. The van der Waals surface area contributed by atoms with E-state index in [1.165, 1.54) is 18.9 Å². The van der Waals surface area contributed by atoms with Crippen molar-refractivity contribution >= 4 is 51.3 Å². The number of halogens is 1. The molecule has 0 aliphatic rings. The number of imidazole rings is 1. The monoisotopic (exact) mass is 414 g/mol. The molecule has 0 amide bonds. The zero-order valence-electron chi connectivity index (χ0n) is 15.0. The zero-order valence-corrected chi connectivity index (χ0v) is 16.6. The van der Waals surface area contributed by atoms with Crippen LogP contribution in [0.3, 0.4) is 0 Å². The summed E-state index contributed by atoms with van der Waals surface area (Å²) in [5, 5.41) is 1.83. The van der Waals surface area contributed by atoms with Crippen LogP contribution in [0.5, 0.6) is 0 Å². The number of nitrogens with one attached hydrogen (secondary N) is 1. The van der Waals surface area contributed by atoms with E-state index in [0.29, 0.717) is 33.1 Å². The summed E-state index contributed by atoms with van der Waals surface area (Å²) in [4.78, 5) is 35.9. The molecule has 1 N–H and O–H groups in total. The van der Waals surface area contributed by atoms with E-state index >= 15 is 0 Å². The second-order valence-electron chi connectivity index (χ2n) is 6.11. The van der Waals surface area contributed by atoms with Crippen LogP contribution in [0.2, 0.25) is 5.02 Å². The Balaban J connectivity index is 1.65. The van der Waals surface area contributed by atoms with Crippen molar-refractivity contribution < 1.29 is 9.53 Å². The number of hydrogen-bond donors (Lipinski definition) is 1. The van der Waals surface area contributed by atoms with Crippen molar-refractivity contribution in [3.8, 4) is 0 Å². The maximum absolute atomic E-state index is 12.4. The number of hydrogen-bond acceptors (Lipinski definition) is 6. The molecule has 4 rings (SSSR count). The lowest BCUT2D eigenvalue weighted by atomic mass is 10.1. The van der Waals surface area contributed by atoms with Crippen LogP contribution in [0.1, 0.15) is 16.2 Å². The molecule has 0 saturated heterocycles. The number of ether oxygens (including phenoxy) is 1. The van der Waals surface area contributed by atoms with Gasteiger partial charge in [-0.1, -0.05) is 23.4 Å². The highest BCUT2D eigenvalue weighted by molar-refractivity contribution is 7.98. The van der Waals surface area contributed by atoms with E-state index in [1.807, 2.05) is 29.8 Å². The molecule has 28 heavy (non-hydrogen) atoms. The van der Waals surface area contributed by atoms with Gasteiger partial charge >= 0.3 is 5.97 Å². The average molecular weight is 415 g/mol. The lowest BCUT2D eigenvalue weighted by Gasteiger charge is -2.05. The van der Waals surface area contributed by atoms with Gasteiger partial charge in [-0.2, -0.15) is 0 Å². The number of aromatic amines is 1. The van der Waals surface area contributed by atoms with Crippen molar-refractivity contribution in [2.24, 2.45) is 7.05 Å². The van der Waals surface area contributed by atoms with Gasteiger partial charge in [0.25, 0.3) is 5.56 Å². The molecule has 0 radical (unpaired) electrons. The van der Waals surface area contributed by atoms with Crippen molar-refractivity contribution in [3.05, 3.63) is 63.2 Å². The fourth-order valence-corrected chi connectivity index (χ4v) is 3.94. The highest BCUT2D eigenvalue weighted by Gasteiger charge is 2.12. The van der Waals surface area contributed by atoms with Crippen LogP contribution in [0.15, 0.2) is 46.3 Å². The van der Waals surface area contributed by atoms with Gasteiger partial charge < -0.3 is 14.3 Å². The zero-order chi connectivity index (χ0) is 19.8. The van der Waals surface area contributed by atoms with Crippen LogP contribution in [0, 0.1) is 0 Å². The molecular weight excluding hydrogens is 400 g/mol. The third kappa shape index (κ3) is 3.36. The minimum Gasteiger partial charge on any atom is -0.465 e. The third-order valence-electron chi connectivity index (χ3n) is 4.32. The third-order valence-corrected chi connectivity index (χ3v) is 5.59.